The zero-order valence-corrected chi connectivity index (χ0v) is 12.4. The van der Waals surface area contributed by atoms with E-state index in [4.69, 9.17) is 4.74 Å². The van der Waals surface area contributed by atoms with Crippen molar-refractivity contribution in [1.82, 2.24) is 0 Å². The summed E-state index contributed by atoms with van der Waals surface area (Å²) in [4.78, 5) is 0. The van der Waals surface area contributed by atoms with Crippen molar-refractivity contribution < 1.29 is 13.5 Å². The molecule has 0 saturated carbocycles. The Morgan fingerprint density at radius 2 is 1.81 bits per heavy atom. The van der Waals surface area contributed by atoms with Crippen molar-refractivity contribution in [2.45, 2.75) is 33.4 Å². The van der Waals surface area contributed by atoms with Crippen LogP contribution in [0.15, 0.2) is 36.4 Å². The van der Waals surface area contributed by atoms with Crippen LogP contribution in [0.4, 0.5) is 14.5 Å². The van der Waals surface area contributed by atoms with E-state index in [1.54, 1.807) is 6.92 Å². The minimum absolute atomic E-state index is 0.0404. The average Bonchev–Trinajstić information content (AvgIpc) is 2.44. The average molecular weight is 291 g/mol. The first kappa shape index (κ1) is 15.3. The third kappa shape index (κ3) is 3.72. The minimum Gasteiger partial charge on any atom is -0.491 e. The Balaban J connectivity index is 2.19. The maximum absolute atomic E-state index is 13.9. The number of nitrogens with one attached hydrogen (secondary N) is 1. The van der Waals surface area contributed by atoms with Crippen LogP contribution < -0.4 is 10.1 Å². The van der Waals surface area contributed by atoms with E-state index < -0.39 is 11.6 Å². The second-order valence-corrected chi connectivity index (χ2v) is 5.18. The van der Waals surface area contributed by atoms with E-state index in [0.717, 1.165) is 5.56 Å². The highest BCUT2D eigenvalue weighted by Crippen LogP contribution is 2.25. The number of anilines is 1. The van der Waals surface area contributed by atoms with E-state index in [9.17, 15) is 8.78 Å². The van der Waals surface area contributed by atoms with Crippen molar-refractivity contribution in [2.24, 2.45) is 0 Å². The van der Waals surface area contributed by atoms with E-state index in [0.29, 0.717) is 17.9 Å². The van der Waals surface area contributed by atoms with Crippen LogP contribution in [0.5, 0.6) is 5.75 Å². The molecule has 4 heteroatoms. The lowest BCUT2D eigenvalue weighted by Crippen LogP contribution is -2.10. The lowest BCUT2D eigenvalue weighted by atomic mass is 10.1. The molecule has 0 radical (unpaired) electrons. The molecule has 112 valence electrons. The predicted octanol–water partition coefficient (Wildman–Crippen LogP) is 4.67. The number of benzene rings is 2. The molecule has 0 saturated heterocycles. The second-order valence-electron chi connectivity index (χ2n) is 5.18. The number of para-hydroxylation sites is 1. The van der Waals surface area contributed by atoms with Gasteiger partial charge in [-0.3, -0.25) is 0 Å². The molecule has 0 aliphatic heterocycles. The molecule has 0 fully saturated rings. The van der Waals surface area contributed by atoms with Crippen LogP contribution in [-0.4, -0.2) is 6.10 Å². The van der Waals surface area contributed by atoms with Crippen molar-refractivity contribution in [1.29, 1.82) is 0 Å². The van der Waals surface area contributed by atoms with Crippen LogP contribution in [-0.2, 0) is 6.54 Å². The van der Waals surface area contributed by atoms with Gasteiger partial charge in [-0.25, -0.2) is 8.78 Å². The van der Waals surface area contributed by atoms with Gasteiger partial charge in [0.25, 0.3) is 0 Å². The SMILES string of the molecule is Cc1ccc(F)c(NCc2ccccc2OC(C)C)c1F. The van der Waals surface area contributed by atoms with E-state index >= 15 is 0 Å². The molecule has 1 N–H and O–H groups in total. The topological polar surface area (TPSA) is 21.3 Å². The normalized spacial score (nSPS) is 10.8. The molecule has 0 amide bonds. The fraction of sp³-hybridized carbons (Fsp3) is 0.294. The van der Waals surface area contributed by atoms with Gasteiger partial charge in [0.05, 0.1) is 6.10 Å². The van der Waals surface area contributed by atoms with Gasteiger partial charge in [0, 0.05) is 12.1 Å². The molecule has 21 heavy (non-hydrogen) atoms. The van der Waals surface area contributed by atoms with Crippen LogP contribution in [0.1, 0.15) is 25.0 Å². The standard InChI is InChI=1S/C17H19F2NO/c1-11(2)21-15-7-5-4-6-13(15)10-20-17-14(18)9-8-12(3)16(17)19/h4-9,11,20H,10H2,1-3H3. The van der Waals surface area contributed by atoms with Gasteiger partial charge in [0.15, 0.2) is 5.82 Å². The fourth-order valence-corrected chi connectivity index (χ4v) is 2.02. The summed E-state index contributed by atoms with van der Waals surface area (Å²) in [5.41, 5.74) is 1.16. The molecule has 0 unspecified atom stereocenters. The van der Waals surface area contributed by atoms with Gasteiger partial charge < -0.3 is 10.1 Å². The smallest absolute Gasteiger partial charge is 0.152 e. The predicted molar refractivity (Wildman–Crippen MR) is 80.6 cm³/mol. The zero-order chi connectivity index (χ0) is 15.4. The van der Waals surface area contributed by atoms with Crippen molar-refractivity contribution in [3.63, 3.8) is 0 Å². The van der Waals surface area contributed by atoms with E-state index in [-0.39, 0.29) is 11.8 Å². The van der Waals surface area contributed by atoms with Crippen LogP contribution in [0.25, 0.3) is 0 Å². The summed E-state index contributed by atoms with van der Waals surface area (Å²) < 4.78 is 33.3. The monoisotopic (exact) mass is 291 g/mol. The maximum Gasteiger partial charge on any atom is 0.152 e. The summed E-state index contributed by atoms with van der Waals surface area (Å²) in [6.45, 7) is 5.77. The summed E-state index contributed by atoms with van der Waals surface area (Å²) in [7, 11) is 0. The van der Waals surface area contributed by atoms with Crippen LogP contribution in [0.3, 0.4) is 0 Å². The van der Waals surface area contributed by atoms with Gasteiger partial charge in [-0.2, -0.15) is 0 Å². The number of hydrogen-bond donors (Lipinski definition) is 1. The summed E-state index contributed by atoms with van der Waals surface area (Å²) in [5.74, 6) is -0.439. The molecular weight excluding hydrogens is 272 g/mol. The summed E-state index contributed by atoms with van der Waals surface area (Å²) in [6, 6.07) is 10.1. The minimum atomic E-state index is -0.597. The number of halogens is 2. The summed E-state index contributed by atoms with van der Waals surface area (Å²) in [5, 5.41) is 2.82. The second kappa shape index (κ2) is 6.57. The highest BCUT2D eigenvalue weighted by atomic mass is 19.1. The quantitative estimate of drug-likeness (QED) is 0.864. The van der Waals surface area contributed by atoms with Crippen molar-refractivity contribution in [3.05, 3.63) is 59.2 Å². The van der Waals surface area contributed by atoms with E-state index in [1.807, 2.05) is 38.1 Å². The molecule has 0 heterocycles. The molecule has 2 aromatic rings. The number of aryl methyl sites for hydroxylation is 1. The van der Waals surface area contributed by atoms with Gasteiger partial charge in [-0.05, 0) is 38.5 Å². The molecule has 0 aliphatic carbocycles. The Morgan fingerprint density at radius 3 is 2.52 bits per heavy atom. The van der Waals surface area contributed by atoms with Crippen molar-refractivity contribution in [2.75, 3.05) is 5.32 Å². The number of rotatable bonds is 5. The van der Waals surface area contributed by atoms with Gasteiger partial charge in [-0.1, -0.05) is 24.3 Å². The summed E-state index contributed by atoms with van der Waals surface area (Å²) in [6.07, 6.45) is 0.0404. The van der Waals surface area contributed by atoms with Gasteiger partial charge in [0.1, 0.15) is 17.3 Å². The third-order valence-electron chi connectivity index (χ3n) is 3.08. The molecule has 0 spiro atoms. The highest BCUT2D eigenvalue weighted by Gasteiger charge is 2.12. The van der Waals surface area contributed by atoms with Gasteiger partial charge in [-0.15, -0.1) is 0 Å². The molecular formula is C17H19F2NO. The third-order valence-corrected chi connectivity index (χ3v) is 3.08. The number of ether oxygens (including phenoxy) is 1. The largest absolute Gasteiger partial charge is 0.491 e. The van der Waals surface area contributed by atoms with Crippen molar-refractivity contribution in [3.8, 4) is 5.75 Å². The highest BCUT2D eigenvalue weighted by molar-refractivity contribution is 5.50. The molecule has 2 aromatic carbocycles. The Bertz CT molecular complexity index is 626. The van der Waals surface area contributed by atoms with Gasteiger partial charge in [0.2, 0.25) is 0 Å². The first-order chi connectivity index (χ1) is 9.99. The Morgan fingerprint density at radius 1 is 1.10 bits per heavy atom. The Labute approximate surface area is 123 Å². The van der Waals surface area contributed by atoms with Crippen molar-refractivity contribution >= 4 is 5.69 Å². The molecule has 2 nitrogen and oxygen atoms in total. The van der Waals surface area contributed by atoms with E-state index in [2.05, 4.69) is 5.32 Å². The maximum atomic E-state index is 13.9. The van der Waals surface area contributed by atoms with Crippen LogP contribution >= 0.6 is 0 Å². The molecule has 0 bridgehead atoms. The Hall–Kier alpha value is -2.10. The van der Waals surface area contributed by atoms with Crippen LogP contribution in [0, 0.1) is 18.6 Å². The lowest BCUT2D eigenvalue weighted by Gasteiger charge is -2.16. The molecule has 0 aliphatic rings. The van der Waals surface area contributed by atoms with E-state index in [1.165, 1.54) is 12.1 Å². The molecule has 0 aromatic heterocycles. The Kier molecular flexibility index (Phi) is 4.78. The lowest BCUT2D eigenvalue weighted by molar-refractivity contribution is 0.240. The fourth-order valence-electron chi connectivity index (χ4n) is 2.02. The van der Waals surface area contributed by atoms with Crippen LogP contribution in [0.2, 0.25) is 0 Å². The summed E-state index contributed by atoms with van der Waals surface area (Å²) >= 11 is 0. The first-order valence-corrected chi connectivity index (χ1v) is 6.92. The molecule has 2 rings (SSSR count). The van der Waals surface area contributed by atoms with Gasteiger partial charge >= 0.3 is 0 Å². The number of hydrogen-bond acceptors (Lipinski definition) is 2. The zero-order valence-electron chi connectivity index (χ0n) is 12.4. The first-order valence-electron chi connectivity index (χ1n) is 6.92. The molecule has 0 atom stereocenters.